The van der Waals surface area contributed by atoms with Gasteiger partial charge in [-0.2, -0.15) is 0 Å². The lowest BCUT2D eigenvalue weighted by atomic mass is 10.2. The Balaban J connectivity index is 2.44. The second kappa shape index (κ2) is 10.3. The third-order valence-electron chi connectivity index (χ3n) is 4.47. The minimum atomic E-state index is -4.15. The minimum Gasteiger partial charge on any atom is -0.493 e. The maximum atomic E-state index is 13.4. The number of carbonyl (C=O) groups is 1. The molecule has 164 valence electrons. The van der Waals surface area contributed by atoms with Gasteiger partial charge in [0.2, 0.25) is 5.91 Å². The Morgan fingerprint density at radius 1 is 1.10 bits per heavy atom. The van der Waals surface area contributed by atoms with E-state index in [0.29, 0.717) is 5.75 Å². The first-order valence-electron chi connectivity index (χ1n) is 9.52. The molecule has 0 saturated carbocycles. The van der Waals surface area contributed by atoms with E-state index in [1.165, 1.54) is 44.6 Å². The molecule has 0 saturated heterocycles. The second-order valence-corrected chi connectivity index (χ2v) is 8.62. The lowest BCUT2D eigenvalue weighted by Gasteiger charge is -2.25. The number of nitrogens with zero attached hydrogens (tertiary/aromatic N) is 1. The van der Waals surface area contributed by atoms with E-state index in [-0.39, 0.29) is 22.4 Å². The third-order valence-corrected chi connectivity index (χ3v) is 6.24. The number of hydrogen-bond acceptors (Lipinski definition) is 5. The summed E-state index contributed by atoms with van der Waals surface area (Å²) in [5, 5.41) is 2.79. The minimum absolute atomic E-state index is 0.0844. The summed E-state index contributed by atoms with van der Waals surface area (Å²) in [6, 6.07) is 8.98. The summed E-state index contributed by atoms with van der Waals surface area (Å²) in [5.41, 5.74) is 0.171. The van der Waals surface area contributed by atoms with Crippen LogP contribution in [0, 0.1) is 5.82 Å². The molecule has 0 aromatic heterocycles. The Labute approximate surface area is 176 Å². The molecule has 1 unspecified atom stereocenters. The first kappa shape index (κ1) is 23.5. The van der Waals surface area contributed by atoms with Crippen LogP contribution in [-0.4, -0.2) is 41.1 Å². The predicted molar refractivity (Wildman–Crippen MR) is 113 cm³/mol. The fourth-order valence-corrected chi connectivity index (χ4v) is 4.42. The van der Waals surface area contributed by atoms with Crippen LogP contribution in [-0.2, 0) is 14.8 Å². The molecular weight excluding hydrogens is 411 g/mol. The van der Waals surface area contributed by atoms with Crippen molar-refractivity contribution < 1.29 is 27.1 Å². The molecular formula is C21H27FN2O5S. The van der Waals surface area contributed by atoms with E-state index in [2.05, 4.69) is 5.32 Å². The summed E-state index contributed by atoms with van der Waals surface area (Å²) < 4.78 is 51.5. The third kappa shape index (κ3) is 5.63. The molecule has 0 aliphatic carbocycles. The van der Waals surface area contributed by atoms with E-state index in [9.17, 15) is 17.6 Å². The Bertz CT molecular complexity index is 964. The van der Waals surface area contributed by atoms with E-state index in [1.54, 1.807) is 0 Å². The number of rotatable bonds is 10. The number of benzene rings is 2. The first-order chi connectivity index (χ1) is 14.2. The molecule has 0 heterocycles. The number of methoxy groups -OCH3 is 2. The van der Waals surface area contributed by atoms with Crippen molar-refractivity contribution in [1.82, 2.24) is 5.32 Å². The van der Waals surface area contributed by atoms with E-state index in [0.717, 1.165) is 29.3 Å². The standard InChI is InChI=1S/C21H27FN2O5S/c1-5-6-15(2)23-21(25)14-24(17-9-7-16(22)8-10-17)30(26,27)18-11-12-19(28-3)20(13-18)29-4/h7-13,15H,5-6,14H2,1-4H3,(H,23,25). The zero-order valence-electron chi connectivity index (χ0n) is 17.5. The van der Waals surface area contributed by atoms with Crippen LogP contribution in [0.5, 0.6) is 11.5 Å². The summed E-state index contributed by atoms with van der Waals surface area (Å²) in [6.07, 6.45) is 1.65. The molecule has 9 heteroatoms. The van der Waals surface area contributed by atoms with Crippen LogP contribution in [0.4, 0.5) is 10.1 Å². The molecule has 1 N–H and O–H groups in total. The molecule has 0 fully saturated rings. The average Bonchev–Trinajstić information content (AvgIpc) is 2.72. The lowest BCUT2D eigenvalue weighted by molar-refractivity contribution is -0.120. The molecule has 0 aliphatic rings. The monoisotopic (exact) mass is 438 g/mol. The highest BCUT2D eigenvalue weighted by atomic mass is 32.2. The highest BCUT2D eigenvalue weighted by Crippen LogP contribution is 2.32. The van der Waals surface area contributed by atoms with Gasteiger partial charge in [0.1, 0.15) is 12.4 Å². The number of carbonyl (C=O) groups excluding carboxylic acids is 1. The van der Waals surface area contributed by atoms with Crippen molar-refractivity contribution in [2.45, 2.75) is 37.6 Å². The van der Waals surface area contributed by atoms with Gasteiger partial charge in [-0.05, 0) is 49.7 Å². The number of nitrogens with one attached hydrogen (secondary N) is 1. The predicted octanol–water partition coefficient (Wildman–Crippen LogP) is 3.34. The summed E-state index contributed by atoms with van der Waals surface area (Å²) in [7, 11) is -1.31. The van der Waals surface area contributed by atoms with Gasteiger partial charge in [0.15, 0.2) is 11.5 Å². The van der Waals surface area contributed by atoms with Crippen molar-refractivity contribution >= 4 is 21.6 Å². The van der Waals surface area contributed by atoms with Gasteiger partial charge >= 0.3 is 0 Å². The van der Waals surface area contributed by atoms with Gasteiger partial charge in [-0.25, -0.2) is 12.8 Å². The average molecular weight is 439 g/mol. The molecule has 0 radical (unpaired) electrons. The normalized spacial score (nSPS) is 12.2. The topological polar surface area (TPSA) is 84.9 Å². The van der Waals surface area contributed by atoms with Crippen LogP contribution in [0.2, 0.25) is 0 Å². The Morgan fingerprint density at radius 2 is 1.73 bits per heavy atom. The Kier molecular flexibility index (Phi) is 8.05. The van der Waals surface area contributed by atoms with E-state index in [4.69, 9.17) is 9.47 Å². The van der Waals surface area contributed by atoms with Gasteiger partial charge < -0.3 is 14.8 Å². The summed E-state index contributed by atoms with van der Waals surface area (Å²) in [4.78, 5) is 12.5. The van der Waals surface area contributed by atoms with Crippen LogP contribution < -0.4 is 19.1 Å². The summed E-state index contributed by atoms with van der Waals surface area (Å²) in [5.74, 6) is -0.359. The van der Waals surface area contributed by atoms with Crippen LogP contribution in [0.3, 0.4) is 0 Å². The molecule has 1 atom stereocenters. The number of sulfonamides is 1. The van der Waals surface area contributed by atoms with Crippen LogP contribution in [0.25, 0.3) is 0 Å². The lowest BCUT2D eigenvalue weighted by Crippen LogP contribution is -2.43. The van der Waals surface area contributed by atoms with Crippen LogP contribution >= 0.6 is 0 Å². The zero-order valence-corrected chi connectivity index (χ0v) is 18.3. The van der Waals surface area contributed by atoms with Crippen molar-refractivity contribution in [3.8, 4) is 11.5 Å². The van der Waals surface area contributed by atoms with Crippen molar-refractivity contribution in [3.05, 3.63) is 48.3 Å². The molecule has 2 aromatic carbocycles. The molecule has 0 spiro atoms. The maximum absolute atomic E-state index is 13.4. The van der Waals surface area contributed by atoms with Gasteiger partial charge in [-0.1, -0.05) is 13.3 Å². The number of amides is 1. The molecule has 2 aromatic rings. The number of hydrogen-bond donors (Lipinski definition) is 1. The highest BCUT2D eigenvalue weighted by Gasteiger charge is 2.28. The molecule has 0 aliphatic heterocycles. The molecule has 0 bridgehead atoms. The fourth-order valence-electron chi connectivity index (χ4n) is 2.98. The Hall–Kier alpha value is -2.81. The van der Waals surface area contributed by atoms with Crippen LogP contribution in [0.15, 0.2) is 47.4 Å². The van der Waals surface area contributed by atoms with Crippen molar-refractivity contribution in [2.75, 3.05) is 25.1 Å². The molecule has 30 heavy (non-hydrogen) atoms. The SMILES string of the molecule is CCCC(C)NC(=O)CN(c1ccc(F)cc1)S(=O)(=O)c1ccc(OC)c(OC)c1. The van der Waals surface area contributed by atoms with Crippen molar-refractivity contribution in [2.24, 2.45) is 0 Å². The number of halogens is 1. The van der Waals surface area contributed by atoms with E-state index < -0.39 is 28.3 Å². The summed E-state index contributed by atoms with van der Waals surface area (Å²) >= 11 is 0. The van der Waals surface area contributed by atoms with Gasteiger partial charge in [0.25, 0.3) is 10.0 Å². The summed E-state index contributed by atoms with van der Waals surface area (Å²) in [6.45, 7) is 3.40. The fraction of sp³-hybridized carbons (Fsp3) is 0.381. The molecule has 1 amide bonds. The maximum Gasteiger partial charge on any atom is 0.264 e. The van der Waals surface area contributed by atoms with Crippen LogP contribution in [0.1, 0.15) is 26.7 Å². The van der Waals surface area contributed by atoms with Gasteiger partial charge in [0.05, 0.1) is 24.8 Å². The second-order valence-electron chi connectivity index (χ2n) is 6.76. The van der Waals surface area contributed by atoms with Gasteiger partial charge in [-0.3, -0.25) is 9.10 Å². The number of ether oxygens (including phenoxy) is 2. The van der Waals surface area contributed by atoms with E-state index >= 15 is 0 Å². The van der Waals surface area contributed by atoms with Gasteiger partial charge in [0, 0.05) is 12.1 Å². The zero-order chi connectivity index (χ0) is 22.3. The quantitative estimate of drug-likeness (QED) is 0.615. The molecule has 7 nitrogen and oxygen atoms in total. The van der Waals surface area contributed by atoms with Gasteiger partial charge in [-0.15, -0.1) is 0 Å². The smallest absolute Gasteiger partial charge is 0.264 e. The first-order valence-corrected chi connectivity index (χ1v) is 11.0. The Morgan fingerprint density at radius 3 is 2.30 bits per heavy atom. The van der Waals surface area contributed by atoms with Crippen molar-refractivity contribution in [3.63, 3.8) is 0 Å². The van der Waals surface area contributed by atoms with Crippen molar-refractivity contribution in [1.29, 1.82) is 0 Å². The van der Waals surface area contributed by atoms with E-state index in [1.807, 2.05) is 13.8 Å². The molecule has 2 rings (SSSR count). The number of anilines is 1. The highest BCUT2D eigenvalue weighted by molar-refractivity contribution is 7.92. The largest absolute Gasteiger partial charge is 0.493 e.